The predicted octanol–water partition coefficient (Wildman–Crippen LogP) is 3.27. The molecule has 0 saturated heterocycles. The molecule has 1 aromatic carbocycles. The number of rotatable bonds is 3. The van der Waals surface area contributed by atoms with E-state index >= 15 is 0 Å². The van der Waals surface area contributed by atoms with Gasteiger partial charge in [0.1, 0.15) is 11.8 Å². The summed E-state index contributed by atoms with van der Waals surface area (Å²) in [6.07, 6.45) is -4.56. The number of nitrogens with two attached hydrogens (primary N) is 1. The molecule has 0 aliphatic carbocycles. The lowest BCUT2D eigenvalue weighted by Crippen LogP contribution is -2.28. The van der Waals surface area contributed by atoms with Crippen LogP contribution in [0, 0.1) is 0 Å². The van der Waals surface area contributed by atoms with Crippen molar-refractivity contribution in [1.82, 2.24) is 0 Å². The molecule has 0 aromatic heterocycles. The van der Waals surface area contributed by atoms with Crippen LogP contribution in [0.3, 0.4) is 0 Å². The van der Waals surface area contributed by atoms with Gasteiger partial charge in [-0.3, -0.25) is 0 Å². The van der Waals surface area contributed by atoms with Gasteiger partial charge in [-0.15, -0.1) is 12.4 Å². The molecule has 0 radical (unpaired) electrons. The zero-order valence-corrected chi connectivity index (χ0v) is 9.06. The van der Waals surface area contributed by atoms with Crippen molar-refractivity contribution >= 4 is 12.4 Å². The van der Waals surface area contributed by atoms with Gasteiger partial charge in [0.15, 0.2) is 0 Å². The first-order valence-electron chi connectivity index (χ1n) is 4.18. The second kappa shape index (κ2) is 6.02. The van der Waals surface area contributed by atoms with Crippen LogP contribution in [-0.2, 0) is 0 Å². The fraction of sp³-hybridized carbons (Fsp3) is 0.333. The molecule has 0 unspecified atom stereocenters. The zero-order valence-electron chi connectivity index (χ0n) is 8.25. The Kier molecular flexibility index (Phi) is 5.63. The molecule has 0 aliphatic heterocycles. The van der Waals surface area contributed by atoms with Crippen LogP contribution in [0.15, 0.2) is 24.3 Å². The average molecular weight is 278 g/mol. The summed E-state index contributed by atoms with van der Waals surface area (Å²) in [5, 5.41) is 0. The number of hydrogen-bond donors (Lipinski definition) is 1. The lowest BCUT2D eigenvalue weighted by atomic mass is 10.1. The normalized spacial score (nSPS) is 13.1. The van der Waals surface area contributed by atoms with Gasteiger partial charge in [0.05, 0.1) is 0 Å². The lowest BCUT2D eigenvalue weighted by molar-refractivity contribution is -0.149. The molecule has 1 rings (SSSR count). The van der Waals surface area contributed by atoms with Crippen molar-refractivity contribution in [1.29, 1.82) is 0 Å². The summed E-state index contributed by atoms with van der Waals surface area (Å²) < 4.78 is 64.0. The van der Waals surface area contributed by atoms with Crippen LogP contribution >= 0.6 is 12.4 Å². The molecule has 98 valence electrons. The molecule has 1 aromatic rings. The van der Waals surface area contributed by atoms with Crippen LogP contribution in [0.5, 0.6) is 5.75 Å². The topological polar surface area (TPSA) is 35.2 Å². The van der Waals surface area contributed by atoms with Crippen molar-refractivity contribution in [2.24, 2.45) is 5.73 Å². The molecular formula is C9H9ClF5NO. The van der Waals surface area contributed by atoms with Gasteiger partial charge in [0.25, 0.3) is 0 Å². The van der Waals surface area contributed by atoms with Crippen LogP contribution in [-0.4, -0.2) is 12.8 Å². The van der Waals surface area contributed by atoms with Gasteiger partial charge >= 0.3 is 12.8 Å². The Labute approximate surface area is 100.0 Å². The summed E-state index contributed by atoms with van der Waals surface area (Å²) in [6.45, 7) is -3.01. The third-order valence-corrected chi connectivity index (χ3v) is 1.82. The maximum atomic E-state index is 12.2. The van der Waals surface area contributed by atoms with Gasteiger partial charge in [-0.25, -0.2) is 0 Å². The molecule has 1 atom stereocenters. The molecule has 0 fully saturated rings. The Bertz CT molecular complexity index is 340. The Morgan fingerprint density at radius 3 is 1.88 bits per heavy atom. The van der Waals surface area contributed by atoms with Crippen molar-refractivity contribution in [3.05, 3.63) is 29.8 Å². The van der Waals surface area contributed by atoms with Crippen molar-refractivity contribution in [2.75, 3.05) is 0 Å². The first-order chi connectivity index (χ1) is 7.30. The van der Waals surface area contributed by atoms with Crippen LogP contribution in [0.25, 0.3) is 0 Å². The number of hydrogen-bond acceptors (Lipinski definition) is 2. The Morgan fingerprint density at radius 1 is 1.06 bits per heavy atom. The van der Waals surface area contributed by atoms with Gasteiger partial charge in [-0.2, -0.15) is 22.0 Å². The second-order valence-electron chi connectivity index (χ2n) is 2.97. The molecular weight excluding hydrogens is 269 g/mol. The van der Waals surface area contributed by atoms with Crippen LogP contribution in [0.4, 0.5) is 22.0 Å². The molecule has 0 saturated carbocycles. The van der Waals surface area contributed by atoms with Gasteiger partial charge in [0.2, 0.25) is 0 Å². The highest BCUT2D eigenvalue weighted by Crippen LogP contribution is 2.31. The third kappa shape index (κ3) is 4.74. The SMILES string of the molecule is Cl.N[C@@H](c1ccc(OC(F)F)cc1)C(F)(F)F. The van der Waals surface area contributed by atoms with E-state index in [2.05, 4.69) is 4.74 Å². The van der Waals surface area contributed by atoms with Gasteiger partial charge in [-0.1, -0.05) is 12.1 Å². The minimum Gasteiger partial charge on any atom is -0.435 e. The molecule has 17 heavy (non-hydrogen) atoms. The maximum absolute atomic E-state index is 12.2. The number of alkyl halides is 5. The molecule has 0 amide bonds. The zero-order chi connectivity index (χ0) is 12.3. The van der Waals surface area contributed by atoms with Crippen LogP contribution in [0.1, 0.15) is 11.6 Å². The van der Waals surface area contributed by atoms with Crippen LogP contribution in [0.2, 0.25) is 0 Å². The van der Waals surface area contributed by atoms with E-state index in [1.807, 2.05) is 0 Å². The summed E-state index contributed by atoms with van der Waals surface area (Å²) in [6, 6.07) is 1.87. The number of ether oxygens (including phenoxy) is 1. The lowest BCUT2D eigenvalue weighted by Gasteiger charge is -2.16. The fourth-order valence-corrected chi connectivity index (χ4v) is 1.05. The first kappa shape index (κ1) is 15.9. The molecule has 0 bridgehead atoms. The second-order valence-corrected chi connectivity index (χ2v) is 2.97. The van der Waals surface area contributed by atoms with Crippen molar-refractivity contribution in [3.63, 3.8) is 0 Å². The monoisotopic (exact) mass is 277 g/mol. The average Bonchev–Trinajstić information content (AvgIpc) is 2.15. The summed E-state index contributed by atoms with van der Waals surface area (Å²) in [4.78, 5) is 0. The summed E-state index contributed by atoms with van der Waals surface area (Å²) in [5.74, 6) is -0.215. The van der Waals surface area contributed by atoms with Gasteiger partial charge < -0.3 is 10.5 Å². The van der Waals surface area contributed by atoms with Gasteiger partial charge in [-0.05, 0) is 17.7 Å². The van der Waals surface area contributed by atoms with E-state index in [4.69, 9.17) is 5.73 Å². The molecule has 0 aliphatic rings. The molecule has 8 heteroatoms. The number of halogens is 6. The Hall–Kier alpha value is -1.08. The Balaban J connectivity index is 0.00000256. The summed E-state index contributed by atoms with van der Waals surface area (Å²) in [7, 11) is 0. The van der Waals surface area contributed by atoms with E-state index in [0.29, 0.717) is 0 Å². The van der Waals surface area contributed by atoms with E-state index in [1.165, 1.54) is 0 Å². The Morgan fingerprint density at radius 2 is 1.53 bits per heavy atom. The fourth-order valence-electron chi connectivity index (χ4n) is 1.05. The molecule has 2 N–H and O–H groups in total. The standard InChI is InChI=1S/C9H8F5NO.ClH/c10-8(11)16-6-3-1-5(2-4-6)7(15)9(12,13)14;/h1-4,7-8H,15H2;1H/t7-;/m0./s1. The van der Waals surface area contributed by atoms with E-state index in [1.54, 1.807) is 0 Å². The molecule has 2 nitrogen and oxygen atoms in total. The highest BCUT2D eigenvalue weighted by molar-refractivity contribution is 5.85. The highest BCUT2D eigenvalue weighted by Gasteiger charge is 2.37. The quantitative estimate of drug-likeness (QED) is 0.861. The molecule has 0 heterocycles. The summed E-state index contributed by atoms with van der Waals surface area (Å²) >= 11 is 0. The maximum Gasteiger partial charge on any atom is 0.407 e. The third-order valence-electron chi connectivity index (χ3n) is 1.82. The van der Waals surface area contributed by atoms with E-state index in [9.17, 15) is 22.0 Å². The smallest absolute Gasteiger partial charge is 0.407 e. The van der Waals surface area contributed by atoms with Crippen LogP contribution < -0.4 is 10.5 Å². The van der Waals surface area contributed by atoms with Crippen molar-refractivity contribution < 1.29 is 26.7 Å². The largest absolute Gasteiger partial charge is 0.435 e. The molecule has 0 spiro atoms. The highest BCUT2D eigenvalue weighted by atomic mass is 35.5. The van der Waals surface area contributed by atoms with Crippen molar-refractivity contribution in [2.45, 2.75) is 18.8 Å². The first-order valence-corrected chi connectivity index (χ1v) is 4.18. The predicted molar refractivity (Wildman–Crippen MR) is 53.3 cm³/mol. The minimum atomic E-state index is -4.56. The number of benzene rings is 1. The van der Waals surface area contributed by atoms with E-state index in [0.717, 1.165) is 24.3 Å². The minimum absolute atomic E-state index is 0. The van der Waals surface area contributed by atoms with Gasteiger partial charge in [0, 0.05) is 0 Å². The van der Waals surface area contributed by atoms with Crippen molar-refractivity contribution in [3.8, 4) is 5.75 Å². The van der Waals surface area contributed by atoms with E-state index < -0.39 is 18.8 Å². The summed E-state index contributed by atoms with van der Waals surface area (Å²) in [5.41, 5.74) is 4.70. The van der Waals surface area contributed by atoms with E-state index in [-0.39, 0.29) is 23.7 Å².